The molecule has 0 radical (unpaired) electrons. The van der Waals surface area contributed by atoms with E-state index < -0.39 is 23.1 Å². The van der Waals surface area contributed by atoms with Gasteiger partial charge in [0.25, 0.3) is 5.91 Å². The van der Waals surface area contributed by atoms with Crippen molar-refractivity contribution >= 4 is 17.5 Å². The van der Waals surface area contributed by atoms with Crippen LogP contribution in [0.15, 0.2) is 24.3 Å². The fourth-order valence-corrected chi connectivity index (χ4v) is 4.98. The van der Waals surface area contributed by atoms with E-state index in [1.54, 1.807) is 17.7 Å². The topological polar surface area (TPSA) is 67.2 Å². The van der Waals surface area contributed by atoms with Crippen molar-refractivity contribution in [1.29, 1.82) is 0 Å². The van der Waals surface area contributed by atoms with Crippen molar-refractivity contribution < 1.29 is 18.4 Å². The molecular formula is C24H28F2N4O2. The van der Waals surface area contributed by atoms with Gasteiger partial charge in [0.05, 0.1) is 17.9 Å². The van der Waals surface area contributed by atoms with E-state index in [4.69, 9.17) is 0 Å². The van der Waals surface area contributed by atoms with Crippen LogP contribution in [-0.4, -0.2) is 33.2 Å². The lowest BCUT2D eigenvalue weighted by Crippen LogP contribution is -2.65. The SMILES string of the molecule is CC1(C(=O)NC2CCCCCC2)Cn2nc(C3CC3)cc2C(=O)N1c1ccc(F)cc1F. The number of amides is 2. The largest absolute Gasteiger partial charge is 0.351 e. The Morgan fingerprint density at radius 3 is 2.47 bits per heavy atom. The molecule has 2 aromatic rings. The van der Waals surface area contributed by atoms with Crippen LogP contribution in [0.25, 0.3) is 0 Å². The number of carbonyl (C=O) groups is 2. The molecule has 1 unspecified atom stereocenters. The Labute approximate surface area is 186 Å². The number of halogens is 2. The van der Waals surface area contributed by atoms with E-state index in [2.05, 4.69) is 10.4 Å². The van der Waals surface area contributed by atoms with E-state index in [-0.39, 0.29) is 24.2 Å². The molecule has 0 bridgehead atoms. The number of rotatable bonds is 4. The van der Waals surface area contributed by atoms with Crippen molar-refractivity contribution in [2.75, 3.05) is 4.90 Å². The maximum absolute atomic E-state index is 14.9. The van der Waals surface area contributed by atoms with Gasteiger partial charge in [-0.25, -0.2) is 8.78 Å². The summed E-state index contributed by atoms with van der Waals surface area (Å²) in [5.41, 5.74) is -0.339. The van der Waals surface area contributed by atoms with E-state index in [1.165, 1.54) is 11.0 Å². The fourth-order valence-electron chi connectivity index (χ4n) is 4.98. The second kappa shape index (κ2) is 7.98. The van der Waals surface area contributed by atoms with Crippen molar-refractivity contribution in [3.05, 3.63) is 47.3 Å². The summed E-state index contributed by atoms with van der Waals surface area (Å²) in [5, 5.41) is 7.73. The number of hydrogen-bond donors (Lipinski definition) is 1. The summed E-state index contributed by atoms with van der Waals surface area (Å²) in [6.45, 7) is 1.75. The first kappa shape index (κ1) is 21.1. The fraction of sp³-hybridized carbons (Fsp3) is 0.542. The van der Waals surface area contributed by atoms with Gasteiger partial charge in [-0.1, -0.05) is 25.7 Å². The average molecular weight is 443 g/mol. The second-order valence-corrected chi connectivity index (χ2v) is 9.56. The maximum atomic E-state index is 14.9. The third-order valence-electron chi connectivity index (χ3n) is 7.00. The normalized spacial score (nSPS) is 24.2. The van der Waals surface area contributed by atoms with Crippen molar-refractivity contribution in [2.24, 2.45) is 0 Å². The standard InChI is InChI=1S/C24H28F2N4O2/c1-24(23(32)27-17-6-4-2-3-5-7-17)14-29-21(13-19(28-29)15-8-9-15)22(31)30(24)20-11-10-16(25)12-18(20)26/h10-13,15,17H,2-9,14H2,1H3,(H,27,32). The molecule has 1 aliphatic heterocycles. The van der Waals surface area contributed by atoms with Gasteiger partial charge in [-0.15, -0.1) is 0 Å². The molecule has 2 aliphatic carbocycles. The molecule has 1 aromatic carbocycles. The van der Waals surface area contributed by atoms with Crippen LogP contribution in [0, 0.1) is 11.6 Å². The van der Waals surface area contributed by atoms with Crippen LogP contribution in [0.4, 0.5) is 14.5 Å². The van der Waals surface area contributed by atoms with Crippen molar-refractivity contribution in [2.45, 2.75) is 82.3 Å². The van der Waals surface area contributed by atoms with Crippen LogP contribution in [-0.2, 0) is 11.3 Å². The molecule has 0 saturated heterocycles. The number of nitrogens with zero attached hydrogens (tertiary/aromatic N) is 3. The molecule has 2 heterocycles. The van der Waals surface area contributed by atoms with Gasteiger partial charge < -0.3 is 5.32 Å². The van der Waals surface area contributed by atoms with Gasteiger partial charge in [-0.2, -0.15) is 5.10 Å². The Balaban J connectivity index is 1.54. The van der Waals surface area contributed by atoms with Crippen molar-refractivity contribution in [3.63, 3.8) is 0 Å². The summed E-state index contributed by atoms with van der Waals surface area (Å²) >= 11 is 0. The highest BCUT2D eigenvalue weighted by molar-refractivity contribution is 6.12. The molecule has 2 amide bonds. The highest BCUT2D eigenvalue weighted by atomic mass is 19.1. The van der Waals surface area contributed by atoms with Gasteiger partial charge >= 0.3 is 0 Å². The third-order valence-corrected chi connectivity index (χ3v) is 7.00. The van der Waals surface area contributed by atoms with E-state index in [1.807, 2.05) is 0 Å². The monoisotopic (exact) mass is 442 g/mol. The molecule has 1 N–H and O–H groups in total. The van der Waals surface area contributed by atoms with Crippen LogP contribution >= 0.6 is 0 Å². The summed E-state index contributed by atoms with van der Waals surface area (Å²) in [6.07, 6.45) is 8.22. The van der Waals surface area contributed by atoms with Gasteiger partial charge in [0.1, 0.15) is 22.9 Å². The lowest BCUT2D eigenvalue weighted by atomic mass is 9.93. The maximum Gasteiger partial charge on any atom is 0.277 e. The molecular weight excluding hydrogens is 414 g/mol. The van der Waals surface area contributed by atoms with Crippen molar-refractivity contribution in [3.8, 4) is 0 Å². The Bertz CT molecular complexity index is 1060. The van der Waals surface area contributed by atoms with Gasteiger partial charge in [-0.05, 0) is 50.8 Å². The first-order valence-electron chi connectivity index (χ1n) is 11.5. The highest BCUT2D eigenvalue weighted by Gasteiger charge is 2.50. The molecule has 6 nitrogen and oxygen atoms in total. The summed E-state index contributed by atoms with van der Waals surface area (Å²) in [5.74, 6) is -2.11. The van der Waals surface area contributed by atoms with E-state index in [9.17, 15) is 18.4 Å². The van der Waals surface area contributed by atoms with E-state index >= 15 is 0 Å². The first-order chi connectivity index (χ1) is 15.4. The second-order valence-electron chi connectivity index (χ2n) is 9.56. The zero-order chi connectivity index (χ0) is 22.5. The highest BCUT2D eigenvalue weighted by Crippen LogP contribution is 2.41. The number of fused-ring (bicyclic) bond motifs is 1. The molecule has 5 rings (SSSR count). The molecule has 170 valence electrons. The Hall–Kier alpha value is -2.77. The molecule has 2 saturated carbocycles. The predicted octanol–water partition coefficient (Wildman–Crippen LogP) is 4.30. The summed E-state index contributed by atoms with van der Waals surface area (Å²) in [7, 11) is 0. The van der Waals surface area contributed by atoms with Crippen LogP contribution in [0.2, 0.25) is 0 Å². The van der Waals surface area contributed by atoms with Crippen LogP contribution in [0.1, 0.15) is 80.4 Å². The van der Waals surface area contributed by atoms with Crippen LogP contribution < -0.4 is 10.2 Å². The molecule has 8 heteroatoms. The zero-order valence-electron chi connectivity index (χ0n) is 18.2. The van der Waals surface area contributed by atoms with E-state index in [0.717, 1.165) is 69.2 Å². The molecule has 1 atom stereocenters. The minimum Gasteiger partial charge on any atom is -0.351 e. The number of nitrogens with one attached hydrogen (secondary N) is 1. The lowest BCUT2D eigenvalue weighted by molar-refractivity contribution is -0.127. The zero-order valence-corrected chi connectivity index (χ0v) is 18.2. The van der Waals surface area contributed by atoms with Crippen LogP contribution in [0.3, 0.4) is 0 Å². The average Bonchev–Trinajstić information content (AvgIpc) is 3.55. The third kappa shape index (κ3) is 3.69. The molecule has 2 fully saturated rings. The minimum atomic E-state index is -1.40. The van der Waals surface area contributed by atoms with Gasteiger partial charge in [0.15, 0.2) is 0 Å². The number of hydrogen-bond acceptors (Lipinski definition) is 3. The molecule has 32 heavy (non-hydrogen) atoms. The quantitative estimate of drug-likeness (QED) is 0.718. The van der Waals surface area contributed by atoms with Crippen LogP contribution in [0.5, 0.6) is 0 Å². The lowest BCUT2D eigenvalue weighted by Gasteiger charge is -2.43. The van der Waals surface area contributed by atoms with Gasteiger partial charge in [0.2, 0.25) is 5.91 Å². The molecule has 0 spiro atoms. The number of anilines is 1. The Morgan fingerprint density at radius 2 is 1.81 bits per heavy atom. The van der Waals surface area contributed by atoms with E-state index in [0.29, 0.717) is 11.6 Å². The van der Waals surface area contributed by atoms with Gasteiger partial charge in [-0.3, -0.25) is 19.2 Å². The Kier molecular flexibility index (Phi) is 5.26. The van der Waals surface area contributed by atoms with Crippen molar-refractivity contribution in [1.82, 2.24) is 15.1 Å². The summed E-state index contributed by atoms with van der Waals surface area (Å²) < 4.78 is 30.1. The summed E-state index contributed by atoms with van der Waals surface area (Å²) in [6, 6.07) is 4.85. The first-order valence-corrected chi connectivity index (χ1v) is 11.5. The number of carbonyl (C=O) groups excluding carboxylic acids is 2. The number of aromatic nitrogens is 2. The molecule has 3 aliphatic rings. The minimum absolute atomic E-state index is 0.0258. The number of benzene rings is 1. The predicted molar refractivity (Wildman–Crippen MR) is 115 cm³/mol. The smallest absolute Gasteiger partial charge is 0.277 e. The molecule has 1 aromatic heterocycles. The summed E-state index contributed by atoms with van der Waals surface area (Å²) in [4.78, 5) is 28.4. The van der Waals surface area contributed by atoms with Gasteiger partial charge in [0, 0.05) is 18.0 Å². The Morgan fingerprint density at radius 1 is 1.09 bits per heavy atom.